The van der Waals surface area contributed by atoms with E-state index in [0.29, 0.717) is 24.2 Å². The number of hydrogen-bond acceptors (Lipinski definition) is 4. The molecule has 3 aromatic rings. The van der Waals surface area contributed by atoms with Gasteiger partial charge < -0.3 is 10.2 Å². The SMILES string of the molecule is Cc1cncc(C#Cc2cc(C(=O)Nc3ccc(CN4CCN(C)CC4)c(C(F)(F)F)c3)ccc2C)c1. The summed E-state index contributed by atoms with van der Waals surface area (Å²) in [5, 5.41) is 2.62. The summed E-state index contributed by atoms with van der Waals surface area (Å²) in [5.41, 5.74) is 3.17. The number of hydrogen-bond donors (Lipinski definition) is 1. The lowest BCUT2D eigenvalue weighted by molar-refractivity contribution is -0.138. The van der Waals surface area contributed by atoms with Gasteiger partial charge in [0.15, 0.2) is 0 Å². The molecule has 8 heteroatoms. The van der Waals surface area contributed by atoms with Crippen molar-refractivity contribution in [1.82, 2.24) is 14.8 Å². The minimum atomic E-state index is -4.53. The highest BCUT2D eigenvalue weighted by Crippen LogP contribution is 2.34. The van der Waals surface area contributed by atoms with Gasteiger partial charge in [-0.25, -0.2) is 0 Å². The van der Waals surface area contributed by atoms with Crippen LogP contribution in [0.1, 0.15) is 43.7 Å². The van der Waals surface area contributed by atoms with Crippen LogP contribution in [0.5, 0.6) is 0 Å². The van der Waals surface area contributed by atoms with Crippen molar-refractivity contribution in [3.05, 3.63) is 93.8 Å². The lowest BCUT2D eigenvalue weighted by Crippen LogP contribution is -2.44. The molecule has 1 N–H and O–H groups in total. The first-order chi connectivity index (χ1) is 17.6. The Morgan fingerprint density at radius 3 is 2.46 bits per heavy atom. The van der Waals surface area contributed by atoms with Gasteiger partial charge in [0.2, 0.25) is 0 Å². The molecule has 2 aromatic carbocycles. The fraction of sp³-hybridized carbons (Fsp3) is 0.310. The molecule has 0 bridgehead atoms. The quantitative estimate of drug-likeness (QED) is 0.500. The number of likely N-dealkylation sites (N-methyl/N-ethyl adjacent to an activating group) is 1. The van der Waals surface area contributed by atoms with E-state index in [0.717, 1.165) is 35.8 Å². The van der Waals surface area contributed by atoms with Gasteiger partial charge in [-0.3, -0.25) is 14.7 Å². The smallest absolute Gasteiger partial charge is 0.322 e. The number of aryl methyl sites for hydroxylation is 2. The molecular formula is C29H29F3N4O. The summed E-state index contributed by atoms with van der Waals surface area (Å²) in [4.78, 5) is 21.2. The van der Waals surface area contributed by atoms with Crippen LogP contribution in [0.15, 0.2) is 54.9 Å². The van der Waals surface area contributed by atoms with Crippen molar-refractivity contribution in [2.45, 2.75) is 26.6 Å². The number of nitrogens with one attached hydrogen (secondary N) is 1. The van der Waals surface area contributed by atoms with Crippen molar-refractivity contribution in [1.29, 1.82) is 0 Å². The zero-order valence-electron chi connectivity index (χ0n) is 21.1. The van der Waals surface area contributed by atoms with E-state index in [1.807, 2.05) is 31.9 Å². The largest absolute Gasteiger partial charge is 0.416 e. The number of nitrogens with zero attached hydrogens (tertiary/aromatic N) is 3. The Morgan fingerprint density at radius 1 is 1.00 bits per heavy atom. The maximum Gasteiger partial charge on any atom is 0.416 e. The summed E-state index contributed by atoms with van der Waals surface area (Å²) < 4.78 is 41.7. The Bertz CT molecular complexity index is 1350. The average molecular weight is 507 g/mol. The third-order valence-corrected chi connectivity index (χ3v) is 6.38. The molecule has 1 fully saturated rings. The molecule has 192 valence electrons. The molecule has 1 aliphatic heterocycles. The number of aromatic nitrogens is 1. The Morgan fingerprint density at radius 2 is 1.76 bits per heavy atom. The summed E-state index contributed by atoms with van der Waals surface area (Å²) in [6.07, 6.45) is -1.12. The predicted octanol–water partition coefficient (Wildman–Crippen LogP) is 5.12. The van der Waals surface area contributed by atoms with Gasteiger partial charge in [0.05, 0.1) is 5.56 Å². The maximum atomic E-state index is 13.9. The molecule has 1 amide bonds. The average Bonchev–Trinajstić information content (AvgIpc) is 2.85. The number of piperazine rings is 1. The first-order valence-electron chi connectivity index (χ1n) is 12.1. The normalized spacial score (nSPS) is 14.6. The van der Waals surface area contributed by atoms with Crippen molar-refractivity contribution < 1.29 is 18.0 Å². The summed E-state index contributed by atoms with van der Waals surface area (Å²) in [7, 11) is 2.00. The summed E-state index contributed by atoms with van der Waals surface area (Å²) in [6, 6.07) is 11.0. The van der Waals surface area contributed by atoms with E-state index in [1.54, 1.807) is 30.6 Å². The fourth-order valence-corrected chi connectivity index (χ4v) is 4.17. The maximum absolute atomic E-state index is 13.9. The van der Waals surface area contributed by atoms with Gasteiger partial charge in [0, 0.05) is 67.5 Å². The highest BCUT2D eigenvalue weighted by Gasteiger charge is 2.34. The molecule has 2 heterocycles. The van der Waals surface area contributed by atoms with E-state index in [1.165, 1.54) is 12.1 Å². The Hall–Kier alpha value is -3.67. The lowest BCUT2D eigenvalue weighted by atomic mass is 10.0. The third kappa shape index (κ3) is 6.97. The van der Waals surface area contributed by atoms with E-state index in [9.17, 15) is 18.0 Å². The number of benzene rings is 2. The predicted molar refractivity (Wildman–Crippen MR) is 138 cm³/mol. The molecule has 37 heavy (non-hydrogen) atoms. The second-order valence-corrected chi connectivity index (χ2v) is 9.43. The first kappa shape index (κ1) is 26.4. The molecule has 0 atom stereocenters. The number of anilines is 1. The van der Waals surface area contributed by atoms with E-state index in [4.69, 9.17) is 0 Å². The second-order valence-electron chi connectivity index (χ2n) is 9.43. The number of halogens is 3. The molecule has 0 radical (unpaired) electrons. The monoisotopic (exact) mass is 506 g/mol. The topological polar surface area (TPSA) is 48.5 Å². The number of amides is 1. The van der Waals surface area contributed by atoms with E-state index >= 15 is 0 Å². The van der Waals surface area contributed by atoms with Gasteiger partial charge in [-0.2, -0.15) is 13.2 Å². The van der Waals surface area contributed by atoms with Crippen LogP contribution < -0.4 is 5.32 Å². The molecule has 5 nitrogen and oxygen atoms in total. The molecule has 0 unspecified atom stereocenters. The van der Waals surface area contributed by atoms with Gasteiger partial charge in [-0.15, -0.1) is 0 Å². The standard InChI is InChI=1S/C29H29F3N4O/c1-20-14-22(18-33-17-20)5-7-23-15-24(6-4-21(23)2)28(37)34-26-9-8-25(27(16-26)29(30,31)32)19-36-12-10-35(3)11-13-36/h4,6,8-9,14-18H,10-13,19H2,1-3H3,(H,34,37). The number of carbonyl (C=O) groups is 1. The van der Waals surface area contributed by atoms with Crippen LogP contribution >= 0.6 is 0 Å². The van der Waals surface area contributed by atoms with Crippen molar-refractivity contribution in [3.8, 4) is 11.8 Å². The van der Waals surface area contributed by atoms with E-state index in [2.05, 4.69) is 27.0 Å². The van der Waals surface area contributed by atoms with Crippen LogP contribution in [0, 0.1) is 25.7 Å². The van der Waals surface area contributed by atoms with E-state index in [-0.39, 0.29) is 17.8 Å². The first-order valence-corrected chi connectivity index (χ1v) is 12.1. The van der Waals surface area contributed by atoms with Crippen molar-refractivity contribution in [2.24, 2.45) is 0 Å². The van der Waals surface area contributed by atoms with Gasteiger partial charge in [0.1, 0.15) is 0 Å². The van der Waals surface area contributed by atoms with Gasteiger partial charge in [-0.05, 0) is 67.9 Å². The molecular weight excluding hydrogens is 477 g/mol. The molecule has 1 saturated heterocycles. The minimum absolute atomic E-state index is 0.0958. The van der Waals surface area contributed by atoms with Crippen molar-refractivity contribution >= 4 is 11.6 Å². The van der Waals surface area contributed by atoms with Crippen LogP contribution in [0.4, 0.5) is 18.9 Å². The van der Waals surface area contributed by atoms with Crippen LogP contribution in [0.3, 0.4) is 0 Å². The second kappa shape index (κ2) is 11.2. The van der Waals surface area contributed by atoms with Gasteiger partial charge in [0.25, 0.3) is 5.91 Å². The van der Waals surface area contributed by atoms with Crippen LogP contribution in [-0.2, 0) is 12.7 Å². The van der Waals surface area contributed by atoms with Crippen LogP contribution in [0.25, 0.3) is 0 Å². The summed E-state index contributed by atoms with van der Waals surface area (Å²) in [5.74, 6) is 5.62. The van der Waals surface area contributed by atoms with Crippen LogP contribution in [-0.4, -0.2) is 53.9 Å². The summed E-state index contributed by atoms with van der Waals surface area (Å²) >= 11 is 0. The Balaban J connectivity index is 1.53. The van der Waals surface area contributed by atoms with Gasteiger partial charge in [-0.1, -0.05) is 24.0 Å². The lowest BCUT2D eigenvalue weighted by Gasteiger charge is -2.33. The molecule has 0 spiro atoms. The Kier molecular flexibility index (Phi) is 7.96. The van der Waals surface area contributed by atoms with E-state index < -0.39 is 17.6 Å². The number of carbonyl (C=O) groups excluding carboxylic acids is 1. The third-order valence-electron chi connectivity index (χ3n) is 6.38. The van der Waals surface area contributed by atoms with Crippen LogP contribution in [0.2, 0.25) is 0 Å². The number of alkyl halides is 3. The molecule has 1 aromatic heterocycles. The minimum Gasteiger partial charge on any atom is -0.322 e. The fourth-order valence-electron chi connectivity index (χ4n) is 4.17. The number of rotatable bonds is 4. The zero-order valence-corrected chi connectivity index (χ0v) is 21.1. The van der Waals surface area contributed by atoms with Crippen molar-refractivity contribution in [3.63, 3.8) is 0 Å². The molecule has 0 aliphatic carbocycles. The molecule has 1 aliphatic rings. The highest BCUT2D eigenvalue weighted by atomic mass is 19.4. The van der Waals surface area contributed by atoms with Crippen molar-refractivity contribution in [2.75, 3.05) is 38.5 Å². The summed E-state index contributed by atoms with van der Waals surface area (Å²) in [6.45, 7) is 7.09. The van der Waals surface area contributed by atoms with Gasteiger partial charge >= 0.3 is 6.18 Å². The molecule has 4 rings (SSSR count). The Labute approximate surface area is 215 Å². The number of pyridine rings is 1. The zero-order chi connectivity index (χ0) is 26.6. The highest BCUT2D eigenvalue weighted by molar-refractivity contribution is 6.04. The molecule has 0 saturated carbocycles.